The Hall–Kier alpha value is -2.23. The van der Waals surface area contributed by atoms with Gasteiger partial charge in [0.2, 0.25) is 5.89 Å². The minimum Gasteiger partial charge on any atom is -0.419 e. The van der Waals surface area contributed by atoms with Crippen molar-refractivity contribution in [2.45, 2.75) is 32.6 Å². The Balaban J connectivity index is 1.79. The van der Waals surface area contributed by atoms with Crippen molar-refractivity contribution in [2.24, 2.45) is 0 Å². The first-order valence-corrected chi connectivity index (χ1v) is 12.8. The van der Waals surface area contributed by atoms with Gasteiger partial charge in [-0.1, -0.05) is 65.1 Å². The van der Waals surface area contributed by atoms with Crippen LogP contribution in [0.4, 0.5) is 0 Å². The molecule has 1 N–H and O–H groups in total. The van der Waals surface area contributed by atoms with Crippen molar-refractivity contribution in [3.63, 3.8) is 0 Å². The molecule has 2 heterocycles. The summed E-state index contributed by atoms with van der Waals surface area (Å²) in [6.07, 6.45) is 1.27. The zero-order valence-corrected chi connectivity index (χ0v) is 22.4. The zero-order chi connectivity index (χ0) is 24.9. The van der Waals surface area contributed by atoms with Gasteiger partial charge in [-0.2, -0.15) is 5.10 Å². The van der Waals surface area contributed by atoms with Gasteiger partial charge in [0.15, 0.2) is 5.69 Å². The van der Waals surface area contributed by atoms with E-state index in [4.69, 9.17) is 42.6 Å². The summed E-state index contributed by atoms with van der Waals surface area (Å²) in [6.45, 7) is 5.01. The predicted octanol–water partition coefficient (Wildman–Crippen LogP) is 6.72. The van der Waals surface area contributed by atoms with Crippen molar-refractivity contribution in [1.82, 2.24) is 20.0 Å². The molecule has 10 heteroatoms. The Labute approximate surface area is 222 Å². The standard InChI is InChI=1S/C25H25BrCl2N4O3/c1-3-19-22(25-30-29-24(35-25)15(2)14-34-12-4-11-33)31-32(21-10-9-18(27)13-20(21)28)23(19)16-5-7-17(26)8-6-16/h5-10,13,15,33H,3-4,11-12,14H2,1-2H3. The van der Waals surface area contributed by atoms with Crippen molar-refractivity contribution >= 4 is 39.1 Å². The van der Waals surface area contributed by atoms with Crippen molar-refractivity contribution in [3.05, 3.63) is 68.4 Å². The average molecular weight is 580 g/mol. The van der Waals surface area contributed by atoms with E-state index in [1.807, 2.05) is 37.3 Å². The molecule has 35 heavy (non-hydrogen) atoms. The van der Waals surface area contributed by atoms with E-state index < -0.39 is 0 Å². The van der Waals surface area contributed by atoms with Crippen LogP contribution < -0.4 is 0 Å². The number of halogens is 3. The van der Waals surface area contributed by atoms with E-state index in [0.717, 1.165) is 21.3 Å². The maximum absolute atomic E-state index is 8.91. The van der Waals surface area contributed by atoms with Gasteiger partial charge in [0.1, 0.15) is 0 Å². The molecular weight excluding hydrogens is 555 g/mol. The number of benzene rings is 2. The lowest BCUT2D eigenvalue weighted by Crippen LogP contribution is -2.06. The molecule has 0 fully saturated rings. The smallest absolute Gasteiger partial charge is 0.268 e. The lowest BCUT2D eigenvalue weighted by molar-refractivity contribution is 0.102. The number of aromatic nitrogens is 4. The summed E-state index contributed by atoms with van der Waals surface area (Å²) >= 11 is 16.2. The first-order chi connectivity index (χ1) is 16.9. The molecule has 2 aromatic heterocycles. The van der Waals surface area contributed by atoms with Gasteiger partial charge in [-0.25, -0.2) is 4.68 Å². The van der Waals surface area contributed by atoms with Crippen LogP contribution in [0.5, 0.6) is 0 Å². The van der Waals surface area contributed by atoms with Crippen LogP contribution >= 0.6 is 39.1 Å². The number of nitrogens with zero attached hydrogens (tertiary/aromatic N) is 4. The summed E-state index contributed by atoms with van der Waals surface area (Å²) < 4.78 is 14.4. The number of rotatable bonds is 10. The highest BCUT2D eigenvalue weighted by molar-refractivity contribution is 9.10. The minimum absolute atomic E-state index is 0.0971. The SMILES string of the molecule is CCc1c(-c2nnc(C(C)COCCCO)o2)nn(-c2ccc(Cl)cc2Cl)c1-c1ccc(Br)cc1. The molecule has 0 saturated carbocycles. The molecule has 0 aliphatic carbocycles. The van der Waals surface area contributed by atoms with Crippen molar-refractivity contribution in [1.29, 1.82) is 0 Å². The number of hydrogen-bond donors (Lipinski definition) is 1. The lowest BCUT2D eigenvalue weighted by Gasteiger charge is -2.11. The first kappa shape index (κ1) is 25.9. The molecule has 0 amide bonds. The second-order valence-electron chi connectivity index (χ2n) is 8.04. The van der Waals surface area contributed by atoms with E-state index in [0.29, 0.717) is 59.3 Å². The Morgan fingerprint density at radius 1 is 1.14 bits per heavy atom. The number of aliphatic hydroxyl groups excluding tert-OH is 1. The lowest BCUT2D eigenvalue weighted by atomic mass is 10.0. The van der Waals surface area contributed by atoms with Gasteiger partial charge in [-0.15, -0.1) is 10.2 Å². The van der Waals surface area contributed by atoms with E-state index in [1.54, 1.807) is 16.8 Å². The third-order valence-electron chi connectivity index (χ3n) is 5.47. The van der Waals surface area contributed by atoms with Gasteiger partial charge in [-0.05, 0) is 43.2 Å². The van der Waals surface area contributed by atoms with Crippen LogP contribution in [0.3, 0.4) is 0 Å². The third-order valence-corrected chi connectivity index (χ3v) is 6.54. The van der Waals surface area contributed by atoms with E-state index >= 15 is 0 Å². The van der Waals surface area contributed by atoms with Gasteiger partial charge in [-0.3, -0.25) is 0 Å². The molecule has 0 bridgehead atoms. The number of ether oxygens (including phenoxy) is 1. The maximum Gasteiger partial charge on any atom is 0.268 e. The third kappa shape index (κ3) is 5.78. The first-order valence-electron chi connectivity index (χ1n) is 11.3. The minimum atomic E-state index is -0.0984. The fourth-order valence-electron chi connectivity index (χ4n) is 3.72. The van der Waals surface area contributed by atoms with E-state index in [-0.39, 0.29) is 12.5 Å². The van der Waals surface area contributed by atoms with Gasteiger partial charge < -0.3 is 14.3 Å². The molecule has 0 aliphatic rings. The summed E-state index contributed by atoms with van der Waals surface area (Å²) in [6, 6.07) is 13.3. The molecular formula is C25H25BrCl2N4O3. The molecule has 2 aromatic carbocycles. The monoisotopic (exact) mass is 578 g/mol. The topological polar surface area (TPSA) is 86.2 Å². The van der Waals surface area contributed by atoms with Crippen molar-refractivity contribution in [2.75, 3.05) is 19.8 Å². The summed E-state index contributed by atoms with van der Waals surface area (Å²) in [7, 11) is 0. The van der Waals surface area contributed by atoms with Crippen LogP contribution in [0.15, 0.2) is 51.4 Å². The molecule has 0 spiro atoms. The van der Waals surface area contributed by atoms with Gasteiger partial charge in [0.25, 0.3) is 5.89 Å². The van der Waals surface area contributed by atoms with Gasteiger partial charge in [0, 0.05) is 33.8 Å². The molecule has 0 radical (unpaired) electrons. The zero-order valence-electron chi connectivity index (χ0n) is 19.3. The van der Waals surface area contributed by atoms with Gasteiger partial charge >= 0.3 is 0 Å². The van der Waals surface area contributed by atoms with Crippen molar-refractivity contribution < 1.29 is 14.3 Å². The number of hydrogen-bond acceptors (Lipinski definition) is 6. The summed E-state index contributed by atoms with van der Waals surface area (Å²) in [5, 5.41) is 23.4. The molecule has 4 rings (SSSR count). The molecule has 0 aliphatic heterocycles. The molecule has 7 nitrogen and oxygen atoms in total. The normalized spacial score (nSPS) is 12.3. The quantitative estimate of drug-likeness (QED) is 0.210. The molecule has 184 valence electrons. The molecule has 0 saturated heterocycles. The highest BCUT2D eigenvalue weighted by atomic mass is 79.9. The fourth-order valence-corrected chi connectivity index (χ4v) is 4.47. The van der Waals surface area contributed by atoms with Gasteiger partial charge in [0.05, 0.1) is 28.9 Å². The maximum atomic E-state index is 8.91. The van der Waals surface area contributed by atoms with Crippen LogP contribution in [0, 0.1) is 0 Å². The van der Waals surface area contributed by atoms with Crippen molar-refractivity contribution in [3.8, 4) is 28.5 Å². The molecule has 4 aromatic rings. The van der Waals surface area contributed by atoms with Crippen LogP contribution in [-0.2, 0) is 11.2 Å². The summed E-state index contributed by atoms with van der Waals surface area (Å²) in [5.74, 6) is 0.704. The van der Waals surface area contributed by atoms with E-state index in [1.165, 1.54) is 0 Å². The molecule has 1 atom stereocenters. The summed E-state index contributed by atoms with van der Waals surface area (Å²) in [4.78, 5) is 0. The highest BCUT2D eigenvalue weighted by Gasteiger charge is 2.26. The second kappa shape index (κ2) is 11.7. The van der Waals surface area contributed by atoms with E-state index in [9.17, 15) is 0 Å². The molecule has 1 unspecified atom stereocenters. The van der Waals surface area contributed by atoms with Crippen LogP contribution in [0.2, 0.25) is 10.0 Å². The largest absolute Gasteiger partial charge is 0.419 e. The Bertz CT molecular complexity index is 1290. The highest BCUT2D eigenvalue weighted by Crippen LogP contribution is 2.37. The Morgan fingerprint density at radius 2 is 1.91 bits per heavy atom. The van der Waals surface area contributed by atoms with Crippen LogP contribution in [0.1, 0.15) is 37.6 Å². The second-order valence-corrected chi connectivity index (χ2v) is 9.80. The van der Waals surface area contributed by atoms with Crippen LogP contribution in [-0.4, -0.2) is 44.9 Å². The Kier molecular flexibility index (Phi) is 8.62. The number of aliphatic hydroxyl groups is 1. The average Bonchev–Trinajstić information content (AvgIpc) is 3.47. The van der Waals surface area contributed by atoms with Crippen LogP contribution in [0.25, 0.3) is 28.5 Å². The Morgan fingerprint density at radius 3 is 2.60 bits per heavy atom. The fraction of sp³-hybridized carbons (Fsp3) is 0.320. The van der Waals surface area contributed by atoms with E-state index in [2.05, 4.69) is 33.1 Å². The predicted molar refractivity (Wildman–Crippen MR) is 140 cm³/mol. The summed E-state index contributed by atoms with van der Waals surface area (Å²) in [5.41, 5.74) is 4.11.